The second-order valence-electron chi connectivity index (χ2n) is 3.47. The molecule has 1 aromatic heterocycles. The van der Waals surface area contributed by atoms with Crippen LogP contribution in [0.2, 0.25) is 0 Å². The van der Waals surface area contributed by atoms with Gasteiger partial charge >= 0.3 is 5.97 Å². The average Bonchev–Trinajstić information content (AvgIpc) is 2.48. The highest BCUT2D eigenvalue weighted by Crippen LogP contribution is 2.09. The molecule has 0 radical (unpaired) electrons. The van der Waals surface area contributed by atoms with Crippen molar-refractivity contribution >= 4 is 5.97 Å². The molecular weight excluding hydrogens is 198 g/mol. The number of carboxylic acids is 1. The highest BCUT2D eigenvalue weighted by Gasteiger charge is 2.18. The molecular formula is C9H15N3O3. The van der Waals surface area contributed by atoms with Crippen LogP contribution in [0.25, 0.3) is 0 Å². The quantitative estimate of drug-likeness (QED) is 0.734. The van der Waals surface area contributed by atoms with Crippen LogP contribution in [0.4, 0.5) is 0 Å². The van der Waals surface area contributed by atoms with Crippen LogP contribution < -0.4 is 0 Å². The zero-order valence-electron chi connectivity index (χ0n) is 8.84. The van der Waals surface area contributed by atoms with E-state index in [4.69, 9.17) is 5.11 Å². The van der Waals surface area contributed by atoms with E-state index in [0.717, 1.165) is 6.42 Å². The zero-order chi connectivity index (χ0) is 11.4. The molecule has 0 saturated carbocycles. The molecule has 1 atom stereocenters. The molecule has 0 aliphatic carbocycles. The molecule has 1 aromatic rings. The highest BCUT2D eigenvalue weighted by atomic mass is 16.4. The Balaban J connectivity index is 3.00. The first-order valence-electron chi connectivity index (χ1n) is 4.90. The summed E-state index contributed by atoms with van der Waals surface area (Å²) in [4.78, 5) is 10.8. The molecule has 1 rings (SSSR count). The van der Waals surface area contributed by atoms with Crippen LogP contribution in [0.3, 0.4) is 0 Å². The third kappa shape index (κ3) is 2.76. The first kappa shape index (κ1) is 11.6. The summed E-state index contributed by atoms with van der Waals surface area (Å²) in [7, 11) is 0. The van der Waals surface area contributed by atoms with Crippen molar-refractivity contribution in [2.75, 3.05) is 0 Å². The SMILES string of the molecule is CCCc1c(C(=O)O)nnn1CC(C)O. The van der Waals surface area contributed by atoms with E-state index in [-0.39, 0.29) is 12.2 Å². The van der Waals surface area contributed by atoms with Crippen LogP contribution in [0.15, 0.2) is 0 Å². The Kier molecular flexibility index (Phi) is 3.79. The molecule has 0 aliphatic rings. The minimum absolute atomic E-state index is 0.0162. The Bertz CT molecular complexity index is 346. The van der Waals surface area contributed by atoms with Crippen molar-refractivity contribution in [1.29, 1.82) is 0 Å². The van der Waals surface area contributed by atoms with Crippen molar-refractivity contribution in [3.63, 3.8) is 0 Å². The average molecular weight is 213 g/mol. The normalized spacial score (nSPS) is 12.7. The summed E-state index contributed by atoms with van der Waals surface area (Å²) in [6, 6.07) is 0. The van der Waals surface area contributed by atoms with Gasteiger partial charge in [-0.25, -0.2) is 9.48 Å². The van der Waals surface area contributed by atoms with Gasteiger partial charge in [-0.15, -0.1) is 5.10 Å². The van der Waals surface area contributed by atoms with E-state index >= 15 is 0 Å². The van der Waals surface area contributed by atoms with Gasteiger partial charge in [0.25, 0.3) is 0 Å². The number of rotatable bonds is 5. The summed E-state index contributed by atoms with van der Waals surface area (Å²) < 4.78 is 1.46. The van der Waals surface area contributed by atoms with Crippen molar-refractivity contribution in [2.24, 2.45) is 0 Å². The maximum atomic E-state index is 10.8. The lowest BCUT2D eigenvalue weighted by Gasteiger charge is -2.07. The van der Waals surface area contributed by atoms with Crippen LogP contribution in [-0.2, 0) is 13.0 Å². The summed E-state index contributed by atoms with van der Waals surface area (Å²) in [5.41, 5.74) is 0.559. The lowest BCUT2D eigenvalue weighted by atomic mass is 10.2. The number of carbonyl (C=O) groups is 1. The summed E-state index contributed by atoms with van der Waals surface area (Å²) in [5.74, 6) is -1.07. The monoisotopic (exact) mass is 213 g/mol. The maximum Gasteiger partial charge on any atom is 0.358 e. The Morgan fingerprint density at radius 2 is 2.27 bits per heavy atom. The molecule has 0 spiro atoms. The molecule has 6 nitrogen and oxygen atoms in total. The van der Waals surface area contributed by atoms with Gasteiger partial charge in [-0.05, 0) is 13.3 Å². The van der Waals surface area contributed by atoms with Gasteiger partial charge in [-0.3, -0.25) is 0 Å². The predicted molar refractivity (Wildman–Crippen MR) is 52.7 cm³/mol. The molecule has 0 aliphatic heterocycles. The molecule has 1 heterocycles. The number of nitrogens with zero attached hydrogens (tertiary/aromatic N) is 3. The smallest absolute Gasteiger partial charge is 0.358 e. The van der Waals surface area contributed by atoms with E-state index in [9.17, 15) is 9.90 Å². The van der Waals surface area contributed by atoms with E-state index in [0.29, 0.717) is 12.1 Å². The largest absolute Gasteiger partial charge is 0.476 e. The minimum atomic E-state index is -1.07. The molecule has 1 unspecified atom stereocenters. The van der Waals surface area contributed by atoms with Gasteiger partial charge in [0.2, 0.25) is 0 Å². The number of hydrogen-bond acceptors (Lipinski definition) is 4. The van der Waals surface area contributed by atoms with Crippen LogP contribution in [0.1, 0.15) is 36.5 Å². The molecule has 84 valence electrons. The molecule has 6 heteroatoms. The van der Waals surface area contributed by atoms with Crippen molar-refractivity contribution < 1.29 is 15.0 Å². The number of aromatic carboxylic acids is 1. The van der Waals surface area contributed by atoms with Crippen molar-refractivity contribution in [3.05, 3.63) is 11.4 Å². The van der Waals surface area contributed by atoms with E-state index in [1.165, 1.54) is 4.68 Å². The molecule has 15 heavy (non-hydrogen) atoms. The van der Waals surface area contributed by atoms with Gasteiger partial charge in [0.05, 0.1) is 18.3 Å². The van der Waals surface area contributed by atoms with E-state index in [1.54, 1.807) is 6.92 Å². The van der Waals surface area contributed by atoms with E-state index in [2.05, 4.69) is 10.3 Å². The van der Waals surface area contributed by atoms with Crippen LogP contribution in [-0.4, -0.2) is 37.3 Å². The number of hydrogen-bond donors (Lipinski definition) is 2. The van der Waals surface area contributed by atoms with E-state index in [1.807, 2.05) is 6.92 Å². The van der Waals surface area contributed by atoms with Gasteiger partial charge in [0, 0.05) is 0 Å². The number of carboxylic acid groups (broad SMARTS) is 1. The third-order valence-corrected chi connectivity index (χ3v) is 1.96. The number of aliphatic hydroxyl groups is 1. The van der Waals surface area contributed by atoms with Crippen molar-refractivity contribution in [2.45, 2.75) is 39.3 Å². The van der Waals surface area contributed by atoms with Crippen LogP contribution in [0, 0.1) is 0 Å². The van der Waals surface area contributed by atoms with Gasteiger partial charge < -0.3 is 10.2 Å². The minimum Gasteiger partial charge on any atom is -0.476 e. The second kappa shape index (κ2) is 4.88. The fourth-order valence-electron chi connectivity index (χ4n) is 1.38. The highest BCUT2D eigenvalue weighted by molar-refractivity contribution is 5.86. The van der Waals surface area contributed by atoms with Gasteiger partial charge in [-0.2, -0.15) is 0 Å². The molecule has 0 aromatic carbocycles. The molecule has 0 bridgehead atoms. The molecule has 0 fully saturated rings. The van der Waals surface area contributed by atoms with Crippen molar-refractivity contribution in [1.82, 2.24) is 15.0 Å². The van der Waals surface area contributed by atoms with Crippen molar-refractivity contribution in [3.8, 4) is 0 Å². The summed E-state index contributed by atoms with van der Waals surface area (Å²) in [5, 5.41) is 25.4. The van der Waals surface area contributed by atoms with Gasteiger partial charge in [0.15, 0.2) is 5.69 Å². The number of aliphatic hydroxyl groups excluding tert-OH is 1. The van der Waals surface area contributed by atoms with Gasteiger partial charge in [0.1, 0.15) is 0 Å². The lowest BCUT2D eigenvalue weighted by molar-refractivity contribution is 0.0688. The second-order valence-corrected chi connectivity index (χ2v) is 3.47. The topological polar surface area (TPSA) is 88.2 Å². The van der Waals surface area contributed by atoms with Gasteiger partial charge in [-0.1, -0.05) is 18.6 Å². The zero-order valence-corrected chi connectivity index (χ0v) is 8.84. The summed E-state index contributed by atoms with van der Waals surface area (Å²) in [6.45, 7) is 3.85. The first-order valence-corrected chi connectivity index (χ1v) is 4.90. The third-order valence-electron chi connectivity index (χ3n) is 1.96. The van der Waals surface area contributed by atoms with E-state index < -0.39 is 12.1 Å². The maximum absolute atomic E-state index is 10.8. The lowest BCUT2D eigenvalue weighted by Crippen LogP contribution is -2.16. The van der Waals surface area contributed by atoms with Crippen LogP contribution in [0.5, 0.6) is 0 Å². The standard InChI is InChI=1S/C9H15N3O3/c1-3-4-7-8(9(14)15)10-11-12(7)5-6(2)13/h6,13H,3-5H2,1-2H3,(H,14,15). The fourth-order valence-corrected chi connectivity index (χ4v) is 1.38. The van der Waals surface area contributed by atoms with Crippen LogP contribution >= 0.6 is 0 Å². The molecule has 0 amide bonds. The summed E-state index contributed by atoms with van der Waals surface area (Å²) in [6.07, 6.45) is 0.846. The predicted octanol–water partition coefficient (Wildman–Crippen LogP) is 0.310. The molecule has 2 N–H and O–H groups in total. The number of aromatic nitrogens is 3. The molecule has 0 saturated heterocycles. The summed E-state index contributed by atoms with van der Waals surface area (Å²) >= 11 is 0. The Morgan fingerprint density at radius 1 is 1.60 bits per heavy atom. The fraction of sp³-hybridized carbons (Fsp3) is 0.667. The Labute approximate surface area is 87.5 Å². The Morgan fingerprint density at radius 3 is 2.73 bits per heavy atom. The Hall–Kier alpha value is -1.43. The first-order chi connectivity index (χ1) is 7.06.